The molecule has 15 heavy (non-hydrogen) atoms. The number of halogens is 2. The average Bonchev–Trinajstić information content (AvgIpc) is 2.27. The third kappa shape index (κ3) is 3.70. The van der Waals surface area contributed by atoms with Crippen molar-refractivity contribution in [2.75, 3.05) is 7.11 Å². The van der Waals surface area contributed by atoms with Crippen molar-refractivity contribution in [2.45, 2.75) is 12.5 Å². The topological polar surface area (TPSA) is 38.3 Å². The Hall–Kier alpha value is -0.770. The van der Waals surface area contributed by atoms with Crippen LogP contribution in [0.5, 0.6) is 0 Å². The van der Waals surface area contributed by atoms with E-state index < -0.39 is 6.04 Å². The lowest BCUT2D eigenvalue weighted by molar-refractivity contribution is -0.142. The number of rotatable bonds is 4. The summed E-state index contributed by atoms with van der Waals surface area (Å²) >= 11 is 11.2. The Morgan fingerprint density at radius 2 is 2.07 bits per heavy atom. The zero-order valence-corrected chi connectivity index (χ0v) is 9.68. The SMILES string of the molecule is COC(=O)[C@@H](Cc1ccc(Cl)cc1)NCl. The standard InChI is InChI=1S/C10H11Cl2NO2/c1-15-10(14)9(13-12)6-7-2-4-8(11)5-3-7/h2-5,9,13H,6H2,1H3/t9-/m1/s1. The van der Waals surface area contributed by atoms with E-state index in [4.69, 9.17) is 23.4 Å². The van der Waals surface area contributed by atoms with E-state index in [0.717, 1.165) is 5.56 Å². The van der Waals surface area contributed by atoms with Gasteiger partial charge in [0, 0.05) is 5.02 Å². The molecule has 1 aromatic rings. The van der Waals surface area contributed by atoms with Crippen LogP contribution in [0.3, 0.4) is 0 Å². The van der Waals surface area contributed by atoms with E-state index in [1.807, 2.05) is 12.1 Å². The molecule has 0 aromatic heterocycles. The highest BCUT2D eigenvalue weighted by Crippen LogP contribution is 2.11. The molecule has 0 heterocycles. The summed E-state index contributed by atoms with van der Waals surface area (Å²) in [6.45, 7) is 0. The Kier molecular flexibility index (Phi) is 4.88. The molecule has 0 saturated carbocycles. The van der Waals surface area contributed by atoms with Gasteiger partial charge in [0.2, 0.25) is 0 Å². The Morgan fingerprint density at radius 3 is 2.53 bits per heavy atom. The maximum Gasteiger partial charge on any atom is 0.324 e. The van der Waals surface area contributed by atoms with E-state index in [9.17, 15) is 4.79 Å². The van der Waals surface area contributed by atoms with E-state index in [1.54, 1.807) is 12.1 Å². The molecule has 82 valence electrons. The molecular weight excluding hydrogens is 237 g/mol. The van der Waals surface area contributed by atoms with Crippen LogP contribution in [0.4, 0.5) is 0 Å². The Morgan fingerprint density at radius 1 is 1.47 bits per heavy atom. The third-order valence-corrected chi connectivity index (χ3v) is 2.49. The van der Waals surface area contributed by atoms with E-state index >= 15 is 0 Å². The van der Waals surface area contributed by atoms with Crippen molar-refractivity contribution < 1.29 is 9.53 Å². The lowest BCUT2D eigenvalue weighted by Gasteiger charge is -2.11. The van der Waals surface area contributed by atoms with E-state index in [1.165, 1.54) is 7.11 Å². The zero-order chi connectivity index (χ0) is 11.3. The number of ether oxygens (including phenoxy) is 1. The molecule has 3 nitrogen and oxygen atoms in total. The van der Waals surface area contributed by atoms with E-state index in [2.05, 4.69) is 9.57 Å². The van der Waals surface area contributed by atoms with Gasteiger partial charge in [-0.05, 0) is 35.9 Å². The van der Waals surface area contributed by atoms with E-state index in [-0.39, 0.29) is 5.97 Å². The van der Waals surface area contributed by atoms with Crippen LogP contribution < -0.4 is 4.84 Å². The van der Waals surface area contributed by atoms with Crippen molar-refractivity contribution in [3.63, 3.8) is 0 Å². The van der Waals surface area contributed by atoms with Gasteiger partial charge in [0.15, 0.2) is 0 Å². The summed E-state index contributed by atoms with van der Waals surface area (Å²) in [4.78, 5) is 13.6. The first-order chi connectivity index (χ1) is 7.17. The Bertz CT molecular complexity index is 327. The van der Waals surface area contributed by atoms with Gasteiger partial charge in [-0.3, -0.25) is 4.79 Å². The van der Waals surface area contributed by atoms with Crippen LogP contribution in [-0.4, -0.2) is 19.1 Å². The number of esters is 1. The molecule has 0 spiro atoms. The summed E-state index contributed by atoms with van der Waals surface area (Å²) in [5, 5.41) is 0.659. The van der Waals surface area contributed by atoms with Gasteiger partial charge in [0.1, 0.15) is 6.04 Å². The molecule has 0 bridgehead atoms. The molecule has 1 atom stereocenters. The lowest BCUT2D eigenvalue weighted by Crippen LogP contribution is -2.33. The lowest BCUT2D eigenvalue weighted by atomic mass is 10.1. The fraction of sp³-hybridized carbons (Fsp3) is 0.300. The molecule has 1 N–H and O–H groups in total. The number of benzene rings is 1. The second-order valence-corrected chi connectivity index (χ2v) is 3.67. The van der Waals surface area contributed by atoms with Gasteiger partial charge < -0.3 is 4.74 Å². The quantitative estimate of drug-likeness (QED) is 0.655. The molecule has 0 fully saturated rings. The number of methoxy groups -OCH3 is 1. The third-order valence-electron chi connectivity index (χ3n) is 1.97. The van der Waals surface area contributed by atoms with Crippen LogP contribution in [-0.2, 0) is 16.0 Å². The van der Waals surface area contributed by atoms with Crippen molar-refractivity contribution in [3.8, 4) is 0 Å². The number of carbonyl (C=O) groups excluding carboxylic acids is 1. The van der Waals surface area contributed by atoms with Crippen molar-refractivity contribution in [3.05, 3.63) is 34.9 Å². The molecular formula is C10H11Cl2NO2. The molecule has 0 radical (unpaired) electrons. The summed E-state index contributed by atoms with van der Waals surface area (Å²) in [5.74, 6) is -0.389. The predicted molar refractivity (Wildman–Crippen MR) is 59.9 cm³/mol. The minimum atomic E-state index is -0.544. The van der Waals surface area contributed by atoms with Gasteiger partial charge in [-0.1, -0.05) is 23.7 Å². The summed E-state index contributed by atoms with van der Waals surface area (Å²) in [6.07, 6.45) is 0.466. The molecule has 0 aliphatic heterocycles. The minimum absolute atomic E-state index is 0.389. The van der Waals surface area contributed by atoms with Gasteiger partial charge in [0.05, 0.1) is 7.11 Å². The van der Waals surface area contributed by atoms with Crippen LogP contribution in [0, 0.1) is 0 Å². The molecule has 0 aliphatic carbocycles. The van der Waals surface area contributed by atoms with Crippen molar-refractivity contribution in [2.24, 2.45) is 0 Å². The van der Waals surface area contributed by atoms with Crippen molar-refractivity contribution in [1.82, 2.24) is 4.84 Å². The molecule has 1 rings (SSSR count). The predicted octanol–water partition coefficient (Wildman–Crippen LogP) is 2.17. The number of nitrogens with one attached hydrogen (secondary N) is 1. The smallest absolute Gasteiger partial charge is 0.324 e. The van der Waals surface area contributed by atoms with E-state index in [0.29, 0.717) is 11.4 Å². The summed E-state index contributed by atoms with van der Waals surface area (Å²) in [7, 11) is 1.32. The molecule has 0 saturated heterocycles. The van der Waals surface area contributed by atoms with Gasteiger partial charge in [-0.2, -0.15) is 0 Å². The number of carbonyl (C=O) groups is 1. The molecule has 1 aromatic carbocycles. The summed E-state index contributed by atoms with van der Waals surface area (Å²) < 4.78 is 4.59. The Balaban J connectivity index is 2.66. The molecule has 0 aliphatic rings. The Labute approximate surface area is 98.4 Å². The van der Waals surface area contributed by atoms with Crippen LogP contribution >= 0.6 is 23.4 Å². The number of hydrogen-bond donors (Lipinski definition) is 1. The fourth-order valence-electron chi connectivity index (χ4n) is 1.16. The molecule has 0 unspecified atom stereocenters. The monoisotopic (exact) mass is 247 g/mol. The maximum absolute atomic E-state index is 11.2. The highest BCUT2D eigenvalue weighted by molar-refractivity contribution is 6.30. The van der Waals surface area contributed by atoms with Crippen LogP contribution in [0.2, 0.25) is 5.02 Å². The highest BCUT2D eigenvalue weighted by Gasteiger charge is 2.17. The second-order valence-electron chi connectivity index (χ2n) is 3.02. The maximum atomic E-state index is 11.2. The highest BCUT2D eigenvalue weighted by atomic mass is 35.5. The van der Waals surface area contributed by atoms with Gasteiger partial charge in [0.25, 0.3) is 0 Å². The van der Waals surface area contributed by atoms with Crippen LogP contribution in [0.25, 0.3) is 0 Å². The van der Waals surface area contributed by atoms with Crippen LogP contribution in [0.15, 0.2) is 24.3 Å². The first-order valence-corrected chi connectivity index (χ1v) is 5.11. The van der Waals surface area contributed by atoms with Crippen LogP contribution in [0.1, 0.15) is 5.56 Å². The molecule has 0 amide bonds. The van der Waals surface area contributed by atoms with Gasteiger partial charge in [-0.25, -0.2) is 4.84 Å². The average molecular weight is 248 g/mol. The first kappa shape index (κ1) is 12.3. The largest absolute Gasteiger partial charge is 0.468 e. The zero-order valence-electron chi connectivity index (χ0n) is 8.17. The van der Waals surface area contributed by atoms with Crippen molar-refractivity contribution >= 4 is 29.3 Å². The summed E-state index contributed by atoms with van der Waals surface area (Å²) in [6, 6.07) is 6.66. The first-order valence-electron chi connectivity index (χ1n) is 4.35. The van der Waals surface area contributed by atoms with Crippen molar-refractivity contribution in [1.29, 1.82) is 0 Å². The number of hydrogen-bond acceptors (Lipinski definition) is 3. The van der Waals surface area contributed by atoms with Gasteiger partial charge in [-0.15, -0.1) is 0 Å². The second kappa shape index (κ2) is 5.95. The fourth-order valence-corrected chi connectivity index (χ4v) is 1.46. The minimum Gasteiger partial charge on any atom is -0.468 e. The summed E-state index contributed by atoms with van der Waals surface area (Å²) in [5.41, 5.74) is 0.961. The normalized spacial score (nSPS) is 12.2. The molecule has 5 heteroatoms. The van der Waals surface area contributed by atoms with Gasteiger partial charge >= 0.3 is 5.97 Å².